The molecule has 1 unspecified atom stereocenters. The molecule has 1 N–H and O–H groups in total. The van der Waals surface area contributed by atoms with E-state index in [1.807, 2.05) is 6.20 Å². The number of rotatable bonds is 0. The normalized spacial score (nSPS) is 27.9. The van der Waals surface area contributed by atoms with Crippen LogP contribution in [0.1, 0.15) is 0 Å². The first-order chi connectivity index (χ1) is 4.88. The highest BCUT2D eigenvalue weighted by Crippen LogP contribution is 2.17. The highest BCUT2D eigenvalue weighted by Gasteiger charge is 2.18. The third kappa shape index (κ3) is 0.652. The molecular formula is C8H10N2. The van der Waals surface area contributed by atoms with Crippen molar-refractivity contribution in [3.63, 3.8) is 0 Å². The molecule has 0 aromatic carbocycles. The van der Waals surface area contributed by atoms with E-state index < -0.39 is 0 Å². The fourth-order valence-corrected chi connectivity index (χ4v) is 1.30. The predicted molar refractivity (Wildman–Crippen MR) is 41.0 cm³/mol. The van der Waals surface area contributed by atoms with Crippen LogP contribution in [0.2, 0.25) is 0 Å². The molecule has 0 aliphatic carbocycles. The molecule has 1 atom stereocenters. The number of allylic oxidation sites excluding steroid dienone is 2. The largest absolute Gasteiger partial charge is 0.368 e. The van der Waals surface area contributed by atoms with E-state index in [-0.39, 0.29) is 0 Å². The van der Waals surface area contributed by atoms with Gasteiger partial charge < -0.3 is 10.2 Å². The summed E-state index contributed by atoms with van der Waals surface area (Å²) < 4.78 is 0. The smallest absolute Gasteiger partial charge is 0.124 e. The SMILES string of the molecule is CN1C=CC=C2C=CNC21. The number of nitrogens with one attached hydrogen (secondary N) is 1. The van der Waals surface area contributed by atoms with Crippen LogP contribution in [0.15, 0.2) is 36.2 Å². The van der Waals surface area contributed by atoms with Crippen LogP contribution in [0.3, 0.4) is 0 Å². The molecule has 2 rings (SSSR count). The van der Waals surface area contributed by atoms with Gasteiger partial charge in [0.05, 0.1) is 0 Å². The third-order valence-electron chi connectivity index (χ3n) is 1.86. The Labute approximate surface area is 60.5 Å². The second-order valence-electron chi connectivity index (χ2n) is 2.58. The summed E-state index contributed by atoms with van der Waals surface area (Å²) in [6.07, 6.45) is 10.7. The van der Waals surface area contributed by atoms with Gasteiger partial charge in [-0.1, -0.05) is 6.08 Å². The van der Waals surface area contributed by atoms with Crippen LogP contribution in [-0.2, 0) is 0 Å². The quantitative estimate of drug-likeness (QED) is 0.527. The van der Waals surface area contributed by atoms with Gasteiger partial charge in [0.2, 0.25) is 0 Å². The fraction of sp³-hybridized carbons (Fsp3) is 0.250. The minimum Gasteiger partial charge on any atom is -0.368 e. The molecule has 2 nitrogen and oxygen atoms in total. The molecule has 2 heterocycles. The standard InChI is InChI=1S/C8H10N2/c1-10-6-2-3-7-4-5-9-8(7)10/h2-6,8-9H,1H3. The van der Waals surface area contributed by atoms with Crippen molar-refractivity contribution in [3.05, 3.63) is 36.2 Å². The average Bonchev–Trinajstić information content (AvgIpc) is 2.36. The van der Waals surface area contributed by atoms with Crippen molar-refractivity contribution in [2.45, 2.75) is 6.17 Å². The molecule has 10 heavy (non-hydrogen) atoms. The van der Waals surface area contributed by atoms with E-state index in [1.54, 1.807) is 0 Å². The Balaban J connectivity index is 2.31. The summed E-state index contributed by atoms with van der Waals surface area (Å²) >= 11 is 0. The maximum absolute atomic E-state index is 3.23. The van der Waals surface area contributed by atoms with Gasteiger partial charge in [0, 0.05) is 13.2 Å². The van der Waals surface area contributed by atoms with E-state index >= 15 is 0 Å². The Hall–Kier alpha value is -1.18. The average molecular weight is 134 g/mol. The van der Waals surface area contributed by atoms with Crippen LogP contribution in [0.5, 0.6) is 0 Å². The maximum Gasteiger partial charge on any atom is 0.124 e. The van der Waals surface area contributed by atoms with Gasteiger partial charge in [-0.25, -0.2) is 0 Å². The molecule has 2 heteroatoms. The fourth-order valence-electron chi connectivity index (χ4n) is 1.30. The second-order valence-corrected chi connectivity index (χ2v) is 2.58. The van der Waals surface area contributed by atoms with Crippen LogP contribution in [0.4, 0.5) is 0 Å². The zero-order valence-electron chi connectivity index (χ0n) is 5.91. The minimum atomic E-state index is 0.380. The summed E-state index contributed by atoms with van der Waals surface area (Å²) in [5, 5.41) is 3.23. The van der Waals surface area contributed by atoms with E-state index in [2.05, 4.69) is 41.7 Å². The molecule has 0 amide bonds. The Morgan fingerprint density at radius 1 is 1.60 bits per heavy atom. The van der Waals surface area contributed by atoms with Crippen molar-refractivity contribution in [3.8, 4) is 0 Å². The molecule has 52 valence electrons. The highest BCUT2D eigenvalue weighted by atomic mass is 15.2. The topological polar surface area (TPSA) is 15.3 Å². The van der Waals surface area contributed by atoms with E-state index in [0.29, 0.717) is 6.17 Å². The zero-order chi connectivity index (χ0) is 6.97. The van der Waals surface area contributed by atoms with Crippen LogP contribution >= 0.6 is 0 Å². The number of likely N-dealkylation sites (N-methyl/N-ethyl adjacent to an activating group) is 1. The molecule has 0 saturated carbocycles. The first-order valence-corrected chi connectivity index (χ1v) is 3.41. The van der Waals surface area contributed by atoms with Gasteiger partial charge in [0.15, 0.2) is 0 Å². The molecule has 2 aliphatic heterocycles. The summed E-state index contributed by atoms with van der Waals surface area (Å²) in [6, 6.07) is 0. The Kier molecular flexibility index (Phi) is 1.07. The van der Waals surface area contributed by atoms with Gasteiger partial charge in [0.1, 0.15) is 6.17 Å². The first kappa shape index (κ1) is 5.59. The van der Waals surface area contributed by atoms with Crippen LogP contribution in [0, 0.1) is 0 Å². The zero-order valence-corrected chi connectivity index (χ0v) is 5.91. The van der Waals surface area contributed by atoms with E-state index in [9.17, 15) is 0 Å². The Bertz CT molecular complexity index is 225. The van der Waals surface area contributed by atoms with E-state index in [0.717, 1.165) is 0 Å². The predicted octanol–water partition coefficient (Wildman–Crippen LogP) is 0.815. The lowest BCUT2D eigenvalue weighted by atomic mass is 10.1. The van der Waals surface area contributed by atoms with Gasteiger partial charge in [0.25, 0.3) is 0 Å². The minimum absolute atomic E-state index is 0.380. The lowest BCUT2D eigenvalue weighted by Gasteiger charge is -2.26. The Morgan fingerprint density at radius 2 is 2.50 bits per heavy atom. The van der Waals surface area contributed by atoms with Gasteiger partial charge >= 0.3 is 0 Å². The molecule has 0 saturated heterocycles. The second kappa shape index (κ2) is 1.90. The highest BCUT2D eigenvalue weighted by molar-refractivity contribution is 5.35. The van der Waals surface area contributed by atoms with Crippen molar-refractivity contribution in [1.82, 2.24) is 10.2 Å². The monoisotopic (exact) mass is 134 g/mol. The van der Waals surface area contributed by atoms with Gasteiger partial charge in [-0.15, -0.1) is 0 Å². The van der Waals surface area contributed by atoms with Gasteiger partial charge in [-0.3, -0.25) is 0 Å². The van der Waals surface area contributed by atoms with Gasteiger partial charge in [-0.05, 0) is 23.9 Å². The number of nitrogens with zero attached hydrogens (tertiary/aromatic N) is 1. The summed E-state index contributed by atoms with van der Waals surface area (Å²) in [5.74, 6) is 0. The van der Waals surface area contributed by atoms with Gasteiger partial charge in [-0.2, -0.15) is 0 Å². The van der Waals surface area contributed by atoms with Crippen molar-refractivity contribution in [1.29, 1.82) is 0 Å². The molecule has 0 aromatic heterocycles. The number of hydrogen-bond donors (Lipinski definition) is 1. The Morgan fingerprint density at radius 3 is 3.30 bits per heavy atom. The maximum atomic E-state index is 3.23. The van der Waals surface area contributed by atoms with Crippen LogP contribution < -0.4 is 5.32 Å². The third-order valence-corrected chi connectivity index (χ3v) is 1.86. The molecule has 0 spiro atoms. The molecule has 0 fully saturated rings. The van der Waals surface area contributed by atoms with E-state index in [4.69, 9.17) is 0 Å². The van der Waals surface area contributed by atoms with Crippen LogP contribution in [0.25, 0.3) is 0 Å². The lowest BCUT2D eigenvalue weighted by molar-refractivity contribution is 0.350. The van der Waals surface area contributed by atoms with E-state index in [1.165, 1.54) is 5.57 Å². The summed E-state index contributed by atoms with van der Waals surface area (Å²) in [4.78, 5) is 2.15. The van der Waals surface area contributed by atoms with Crippen LogP contribution in [-0.4, -0.2) is 18.1 Å². The van der Waals surface area contributed by atoms with Crippen molar-refractivity contribution >= 4 is 0 Å². The van der Waals surface area contributed by atoms with Crippen molar-refractivity contribution < 1.29 is 0 Å². The summed E-state index contributed by atoms with van der Waals surface area (Å²) in [7, 11) is 2.06. The molecule has 0 aromatic rings. The lowest BCUT2D eigenvalue weighted by Crippen LogP contribution is -2.37. The summed E-state index contributed by atoms with van der Waals surface area (Å²) in [6.45, 7) is 0. The van der Waals surface area contributed by atoms with Crippen molar-refractivity contribution in [2.24, 2.45) is 0 Å². The molecule has 0 radical (unpaired) electrons. The first-order valence-electron chi connectivity index (χ1n) is 3.41. The number of fused-ring (bicyclic) bond motifs is 1. The van der Waals surface area contributed by atoms with Crippen molar-refractivity contribution in [2.75, 3.05) is 7.05 Å². The molecule has 2 aliphatic rings. The number of hydrogen-bond acceptors (Lipinski definition) is 2. The summed E-state index contributed by atoms with van der Waals surface area (Å²) in [5.41, 5.74) is 1.34. The molecule has 0 bridgehead atoms. The molecular weight excluding hydrogens is 124 g/mol.